The van der Waals surface area contributed by atoms with Gasteiger partial charge in [0, 0.05) is 38.7 Å². The third-order valence-electron chi connectivity index (χ3n) is 5.30. The van der Waals surface area contributed by atoms with Gasteiger partial charge in [0.25, 0.3) is 0 Å². The number of carbonyl (C=O) groups excluding carboxylic acids is 1. The third-order valence-corrected chi connectivity index (χ3v) is 5.30. The fourth-order valence-corrected chi connectivity index (χ4v) is 3.60. The molecular formula is C16H29N3O2. The van der Waals surface area contributed by atoms with E-state index >= 15 is 0 Å². The molecule has 3 rings (SSSR count). The minimum atomic E-state index is 0.177. The van der Waals surface area contributed by atoms with E-state index in [-0.39, 0.29) is 5.92 Å². The molecule has 0 saturated carbocycles. The van der Waals surface area contributed by atoms with Crippen LogP contribution in [-0.4, -0.2) is 74.2 Å². The highest BCUT2D eigenvalue weighted by Crippen LogP contribution is 2.20. The van der Waals surface area contributed by atoms with Gasteiger partial charge in [0.2, 0.25) is 5.91 Å². The van der Waals surface area contributed by atoms with Gasteiger partial charge in [-0.1, -0.05) is 6.92 Å². The number of nitrogens with one attached hydrogen (secondary N) is 1. The zero-order valence-electron chi connectivity index (χ0n) is 13.2. The lowest BCUT2D eigenvalue weighted by atomic mass is 9.88. The van der Waals surface area contributed by atoms with Crippen LogP contribution in [0, 0.1) is 11.8 Å². The van der Waals surface area contributed by atoms with E-state index in [4.69, 9.17) is 4.74 Å². The van der Waals surface area contributed by atoms with Crippen LogP contribution in [0.5, 0.6) is 0 Å². The van der Waals surface area contributed by atoms with Crippen LogP contribution < -0.4 is 5.32 Å². The summed E-state index contributed by atoms with van der Waals surface area (Å²) in [5.41, 5.74) is 0. The normalized spacial score (nSPS) is 30.0. The third kappa shape index (κ3) is 3.76. The minimum absolute atomic E-state index is 0.177. The topological polar surface area (TPSA) is 44.8 Å². The van der Waals surface area contributed by atoms with Gasteiger partial charge in [-0.2, -0.15) is 0 Å². The lowest BCUT2D eigenvalue weighted by Gasteiger charge is -2.34. The summed E-state index contributed by atoms with van der Waals surface area (Å²) in [5, 5.41) is 3.27. The van der Waals surface area contributed by atoms with E-state index in [1.165, 1.54) is 12.8 Å². The lowest BCUT2D eigenvalue weighted by Crippen LogP contribution is -2.51. The van der Waals surface area contributed by atoms with Gasteiger partial charge in [-0.25, -0.2) is 0 Å². The Kier molecular flexibility index (Phi) is 5.14. The zero-order chi connectivity index (χ0) is 14.7. The number of hydrogen-bond donors (Lipinski definition) is 1. The van der Waals surface area contributed by atoms with Gasteiger partial charge in [-0.15, -0.1) is 0 Å². The molecule has 3 saturated heterocycles. The zero-order valence-corrected chi connectivity index (χ0v) is 13.2. The summed E-state index contributed by atoms with van der Waals surface area (Å²) in [6, 6.07) is 0. The summed E-state index contributed by atoms with van der Waals surface area (Å²) in [7, 11) is 0. The van der Waals surface area contributed by atoms with Crippen molar-refractivity contribution in [1.29, 1.82) is 0 Å². The highest BCUT2D eigenvalue weighted by Gasteiger charge is 2.32. The Morgan fingerprint density at radius 2 is 2.10 bits per heavy atom. The van der Waals surface area contributed by atoms with Gasteiger partial charge in [0.1, 0.15) is 0 Å². The summed E-state index contributed by atoms with van der Waals surface area (Å²) in [6.07, 6.45) is 3.92. The van der Waals surface area contributed by atoms with E-state index in [2.05, 4.69) is 22.0 Å². The average molecular weight is 295 g/mol. The molecular weight excluding hydrogens is 266 g/mol. The van der Waals surface area contributed by atoms with Crippen LogP contribution in [0.15, 0.2) is 0 Å². The number of carbonyl (C=O) groups is 1. The highest BCUT2D eigenvalue weighted by molar-refractivity contribution is 5.79. The van der Waals surface area contributed by atoms with Gasteiger partial charge >= 0.3 is 0 Å². The molecule has 1 N–H and O–H groups in total. The van der Waals surface area contributed by atoms with E-state index in [0.29, 0.717) is 17.9 Å². The van der Waals surface area contributed by atoms with E-state index in [1.807, 2.05) is 0 Å². The number of hydrogen-bond acceptors (Lipinski definition) is 4. The van der Waals surface area contributed by atoms with Crippen LogP contribution in [0.2, 0.25) is 0 Å². The molecule has 2 unspecified atom stereocenters. The van der Waals surface area contributed by atoms with E-state index < -0.39 is 0 Å². The van der Waals surface area contributed by atoms with Crippen LogP contribution in [0.25, 0.3) is 0 Å². The van der Waals surface area contributed by atoms with Crippen molar-refractivity contribution in [2.45, 2.75) is 32.3 Å². The molecule has 0 radical (unpaired) electrons. The molecule has 5 nitrogen and oxygen atoms in total. The maximum absolute atomic E-state index is 12.6. The molecule has 3 aliphatic rings. The van der Waals surface area contributed by atoms with Crippen LogP contribution >= 0.6 is 0 Å². The fraction of sp³-hybridized carbons (Fsp3) is 0.938. The predicted octanol–water partition coefficient (Wildman–Crippen LogP) is 0.555. The number of rotatable bonds is 4. The summed E-state index contributed by atoms with van der Waals surface area (Å²) >= 11 is 0. The first kappa shape index (κ1) is 15.3. The first-order valence-electron chi connectivity index (χ1n) is 8.57. The standard InChI is InChI=1S/C16H29N3O2/c1-13(14-10-17-11-14)16(20)19-6-3-5-18(7-8-19)12-15-4-2-9-21-15/h13-15,17H,2-12H2,1H3. The molecule has 120 valence electrons. The SMILES string of the molecule is CC(C(=O)N1CCCN(CC2CCCO2)CC1)C1CNC1. The Labute approximate surface area is 128 Å². The maximum Gasteiger partial charge on any atom is 0.225 e. The molecule has 5 heteroatoms. The molecule has 3 heterocycles. The Morgan fingerprint density at radius 1 is 1.24 bits per heavy atom. The molecule has 0 aromatic heterocycles. The second-order valence-corrected chi connectivity index (χ2v) is 6.82. The van der Waals surface area contributed by atoms with Crippen LogP contribution in [-0.2, 0) is 9.53 Å². The van der Waals surface area contributed by atoms with Crippen molar-refractivity contribution in [1.82, 2.24) is 15.1 Å². The first-order valence-corrected chi connectivity index (χ1v) is 8.57. The van der Waals surface area contributed by atoms with Gasteiger partial charge < -0.3 is 15.0 Å². The molecule has 2 atom stereocenters. The second kappa shape index (κ2) is 7.07. The van der Waals surface area contributed by atoms with E-state index in [1.54, 1.807) is 0 Å². The van der Waals surface area contributed by atoms with Gasteiger partial charge in [-0.05, 0) is 44.8 Å². The molecule has 0 bridgehead atoms. The largest absolute Gasteiger partial charge is 0.377 e. The smallest absolute Gasteiger partial charge is 0.225 e. The van der Waals surface area contributed by atoms with Crippen molar-refractivity contribution in [3.05, 3.63) is 0 Å². The molecule has 3 aliphatic heterocycles. The van der Waals surface area contributed by atoms with Crippen molar-refractivity contribution in [2.24, 2.45) is 11.8 Å². The molecule has 0 aliphatic carbocycles. The van der Waals surface area contributed by atoms with Crippen molar-refractivity contribution in [3.63, 3.8) is 0 Å². The second-order valence-electron chi connectivity index (χ2n) is 6.82. The minimum Gasteiger partial charge on any atom is -0.377 e. The van der Waals surface area contributed by atoms with Crippen molar-refractivity contribution in [2.75, 3.05) is 52.4 Å². The monoisotopic (exact) mass is 295 g/mol. The molecule has 21 heavy (non-hydrogen) atoms. The predicted molar refractivity (Wildman–Crippen MR) is 82.1 cm³/mol. The van der Waals surface area contributed by atoms with Gasteiger partial charge in [0.15, 0.2) is 0 Å². The summed E-state index contributed by atoms with van der Waals surface area (Å²) in [5.74, 6) is 1.08. The molecule has 1 amide bonds. The van der Waals surface area contributed by atoms with Crippen molar-refractivity contribution >= 4 is 5.91 Å². The Morgan fingerprint density at radius 3 is 2.76 bits per heavy atom. The van der Waals surface area contributed by atoms with E-state index in [0.717, 1.165) is 58.8 Å². The van der Waals surface area contributed by atoms with Crippen LogP contribution in [0.3, 0.4) is 0 Å². The fourth-order valence-electron chi connectivity index (χ4n) is 3.60. The molecule has 3 fully saturated rings. The molecule has 0 spiro atoms. The Hall–Kier alpha value is -0.650. The molecule has 0 aromatic rings. The summed E-state index contributed by atoms with van der Waals surface area (Å²) < 4.78 is 5.73. The summed E-state index contributed by atoms with van der Waals surface area (Å²) in [6.45, 7) is 9.99. The number of amides is 1. The Balaban J connectivity index is 1.46. The van der Waals surface area contributed by atoms with Crippen LogP contribution in [0.4, 0.5) is 0 Å². The lowest BCUT2D eigenvalue weighted by molar-refractivity contribution is -0.137. The van der Waals surface area contributed by atoms with Crippen LogP contribution in [0.1, 0.15) is 26.2 Å². The van der Waals surface area contributed by atoms with Crippen molar-refractivity contribution < 1.29 is 9.53 Å². The number of ether oxygens (including phenoxy) is 1. The molecule has 0 aromatic carbocycles. The average Bonchev–Trinajstić information content (AvgIpc) is 2.81. The Bertz CT molecular complexity index is 353. The van der Waals surface area contributed by atoms with Gasteiger partial charge in [-0.3, -0.25) is 9.69 Å². The van der Waals surface area contributed by atoms with E-state index in [9.17, 15) is 4.79 Å². The quantitative estimate of drug-likeness (QED) is 0.823. The highest BCUT2D eigenvalue weighted by atomic mass is 16.5. The number of nitrogens with zero attached hydrogens (tertiary/aromatic N) is 2. The first-order chi connectivity index (χ1) is 10.2. The van der Waals surface area contributed by atoms with Crippen molar-refractivity contribution in [3.8, 4) is 0 Å². The maximum atomic E-state index is 12.6. The van der Waals surface area contributed by atoms with Gasteiger partial charge in [0.05, 0.1) is 6.10 Å². The summed E-state index contributed by atoms with van der Waals surface area (Å²) in [4.78, 5) is 17.2.